The molecule has 4 heteroatoms. The van der Waals surface area contributed by atoms with Crippen molar-refractivity contribution >= 4 is 0 Å². The van der Waals surface area contributed by atoms with Gasteiger partial charge in [-0.25, -0.2) is 4.39 Å². The standard InChI is InChI=1S/C10H13F2NO/c1-2-3-8(13)6-4-5-7(11)9(12)10(6)14/h4-5,8,14H,2-3,13H2,1H3. The van der Waals surface area contributed by atoms with Gasteiger partial charge in [-0.05, 0) is 12.5 Å². The van der Waals surface area contributed by atoms with Gasteiger partial charge in [0.15, 0.2) is 11.6 Å². The Morgan fingerprint density at radius 3 is 2.64 bits per heavy atom. The number of nitrogens with two attached hydrogens (primary N) is 1. The lowest BCUT2D eigenvalue weighted by Gasteiger charge is -2.12. The van der Waals surface area contributed by atoms with Gasteiger partial charge in [0, 0.05) is 11.6 Å². The van der Waals surface area contributed by atoms with Crippen LogP contribution in [0.4, 0.5) is 8.78 Å². The zero-order valence-corrected chi connectivity index (χ0v) is 7.93. The number of phenols is 1. The van der Waals surface area contributed by atoms with E-state index >= 15 is 0 Å². The molecule has 0 heterocycles. The Morgan fingerprint density at radius 1 is 1.43 bits per heavy atom. The summed E-state index contributed by atoms with van der Waals surface area (Å²) in [5.74, 6) is -2.96. The van der Waals surface area contributed by atoms with Gasteiger partial charge in [-0.15, -0.1) is 0 Å². The summed E-state index contributed by atoms with van der Waals surface area (Å²) in [6.45, 7) is 1.93. The van der Waals surface area contributed by atoms with Crippen molar-refractivity contribution in [1.29, 1.82) is 0 Å². The fourth-order valence-corrected chi connectivity index (χ4v) is 1.32. The van der Waals surface area contributed by atoms with Crippen LogP contribution >= 0.6 is 0 Å². The molecule has 0 aromatic heterocycles. The van der Waals surface area contributed by atoms with Crippen molar-refractivity contribution in [2.24, 2.45) is 5.73 Å². The lowest BCUT2D eigenvalue weighted by atomic mass is 10.0. The van der Waals surface area contributed by atoms with Crippen molar-refractivity contribution in [2.75, 3.05) is 0 Å². The number of phenolic OH excluding ortho intramolecular Hbond substituents is 1. The van der Waals surface area contributed by atoms with Gasteiger partial charge in [-0.2, -0.15) is 4.39 Å². The number of aromatic hydroxyl groups is 1. The monoisotopic (exact) mass is 201 g/mol. The first-order valence-electron chi connectivity index (χ1n) is 4.50. The molecule has 0 amide bonds. The number of benzene rings is 1. The Morgan fingerprint density at radius 2 is 2.07 bits per heavy atom. The fourth-order valence-electron chi connectivity index (χ4n) is 1.32. The third kappa shape index (κ3) is 2.01. The average Bonchev–Trinajstić information content (AvgIpc) is 2.15. The second-order valence-electron chi connectivity index (χ2n) is 3.19. The summed E-state index contributed by atoms with van der Waals surface area (Å²) in [7, 11) is 0. The summed E-state index contributed by atoms with van der Waals surface area (Å²) in [6, 6.07) is 1.84. The Labute approximate surface area is 81.4 Å². The van der Waals surface area contributed by atoms with E-state index in [1.165, 1.54) is 6.07 Å². The molecule has 0 aliphatic carbocycles. The minimum Gasteiger partial charge on any atom is -0.505 e. The molecular formula is C10H13F2NO. The fraction of sp³-hybridized carbons (Fsp3) is 0.400. The smallest absolute Gasteiger partial charge is 0.200 e. The van der Waals surface area contributed by atoms with E-state index in [1.54, 1.807) is 0 Å². The predicted molar refractivity (Wildman–Crippen MR) is 49.9 cm³/mol. The van der Waals surface area contributed by atoms with Crippen LogP contribution in [0, 0.1) is 11.6 Å². The Bertz CT molecular complexity index is 328. The molecule has 0 radical (unpaired) electrons. The third-order valence-electron chi connectivity index (χ3n) is 2.10. The van der Waals surface area contributed by atoms with Crippen molar-refractivity contribution < 1.29 is 13.9 Å². The van der Waals surface area contributed by atoms with Crippen molar-refractivity contribution in [1.82, 2.24) is 0 Å². The van der Waals surface area contributed by atoms with E-state index in [1.807, 2.05) is 6.92 Å². The molecule has 0 aliphatic heterocycles. The second kappa shape index (κ2) is 4.37. The molecule has 0 spiro atoms. The number of rotatable bonds is 3. The summed E-state index contributed by atoms with van der Waals surface area (Å²) >= 11 is 0. The molecule has 2 nitrogen and oxygen atoms in total. The summed E-state index contributed by atoms with van der Waals surface area (Å²) in [6.07, 6.45) is 1.44. The average molecular weight is 201 g/mol. The first kappa shape index (κ1) is 10.9. The highest BCUT2D eigenvalue weighted by Gasteiger charge is 2.16. The van der Waals surface area contributed by atoms with Gasteiger partial charge < -0.3 is 10.8 Å². The van der Waals surface area contributed by atoms with Gasteiger partial charge in [0.2, 0.25) is 5.82 Å². The highest BCUT2D eigenvalue weighted by atomic mass is 19.2. The van der Waals surface area contributed by atoms with Gasteiger partial charge in [-0.3, -0.25) is 0 Å². The lowest BCUT2D eigenvalue weighted by molar-refractivity contribution is 0.395. The van der Waals surface area contributed by atoms with Crippen LogP contribution in [0.25, 0.3) is 0 Å². The van der Waals surface area contributed by atoms with Gasteiger partial charge in [0.25, 0.3) is 0 Å². The Kier molecular flexibility index (Phi) is 3.41. The van der Waals surface area contributed by atoms with Crippen LogP contribution in [0.5, 0.6) is 5.75 Å². The predicted octanol–water partition coefficient (Wildman–Crippen LogP) is 2.47. The van der Waals surface area contributed by atoms with E-state index in [4.69, 9.17) is 5.73 Å². The van der Waals surface area contributed by atoms with Crippen LogP contribution in [-0.2, 0) is 0 Å². The van der Waals surface area contributed by atoms with Crippen molar-refractivity contribution in [2.45, 2.75) is 25.8 Å². The first-order chi connectivity index (χ1) is 6.57. The van der Waals surface area contributed by atoms with E-state index in [0.717, 1.165) is 12.5 Å². The van der Waals surface area contributed by atoms with E-state index in [-0.39, 0.29) is 5.56 Å². The van der Waals surface area contributed by atoms with Gasteiger partial charge in [0.05, 0.1) is 0 Å². The highest BCUT2D eigenvalue weighted by molar-refractivity contribution is 5.36. The summed E-state index contributed by atoms with van der Waals surface area (Å²) in [5.41, 5.74) is 5.93. The minimum absolute atomic E-state index is 0.255. The van der Waals surface area contributed by atoms with E-state index in [0.29, 0.717) is 6.42 Å². The molecule has 14 heavy (non-hydrogen) atoms. The van der Waals surface area contributed by atoms with Crippen molar-refractivity contribution in [3.05, 3.63) is 29.3 Å². The summed E-state index contributed by atoms with van der Waals surface area (Å²) < 4.78 is 25.5. The molecule has 0 saturated carbocycles. The number of halogens is 2. The maximum absolute atomic E-state index is 12.9. The normalized spacial score (nSPS) is 12.9. The van der Waals surface area contributed by atoms with Crippen molar-refractivity contribution in [3.8, 4) is 5.75 Å². The SMILES string of the molecule is CCCC(N)c1ccc(F)c(F)c1O. The first-order valence-corrected chi connectivity index (χ1v) is 4.50. The zero-order chi connectivity index (χ0) is 10.7. The number of hydrogen-bond donors (Lipinski definition) is 2. The molecule has 78 valence electrons. The summed E-state index contributed by atoms with van der Waals surface area (Å²) in [4.78, 5) is 0. The number of hydrogen-bond acceptors (Lipinski definition) is 2. The third-order valence-corrected chi connectivity index (χ3v) is 2.10. The molecule has 0 bridgehead atoms. The van der Waals surface area contributed by atoms with E-state index in [2.05, 4.69) is 0 Å². The molecule has 3 N–H and O–H groups in total. The molecule has 0 fully saturated rings. The molecule has 0 aliphatic rings. The van der Waals surface area contributed by atoms with Crippen LogP contribution in [-0.4, -0.2) is 5.11 Å². The van der Waals surface area contributed by atoms with E-state index < -0.39 is 23.4 Å². The van der Waals surface area contributed by atoms with Crippen LogP contribution in [0.3, 0.4) is 0 Å². The highest BCUT2D eigenvalue weighted by Crippen LogP contribution is 2.29. The maximum Gasteiger partial charge on any atom is 0.200 e. The van der Waals surface area contributed by atoms with Crippen LogP contribution < -0.4 is 5.73 Å². The Hall–Kier alpha value is -1.16. The largest absolute Gasteiger partial charge is 0.505 e. The van der Waals surface area contributed by atoms with E-state index in [9.17, 15) is 13.9 Å². The maximum atomic E-state index is 12.9. The van der Waals surface area contributed by atoms with Crippen LogP contribution in [0.1, 0.15) is 31.4 Å². The molecule has 1 aromatic carbocycles. The molecule has 1 atom stereocenters. The van der Waals surface area contributed by atoms with Crippen LogP contribution in [0.15, 0.2) is 12.1 Å². The Balaban J connectivity index is 3.04. The van der Waals surface area contributed by atoms with Crippen LogP contribution in [0.2, 0.25) is 0 Å². The van der Waals surface area contributed by atoms with Gasteiger partial charge >= 0.3 is 0 Å². The molecule has 1 aromatic rings. The molecule has 0 saturated heterocycles. The molecule has 1 rings (SSSR count). The zero-order valence-electron chi connectivity index (χ0n) is 7.93. The van der Waals surface area contributed by atoms with Gasteiger partial charge in [-0.1, -0.05) is 19.4 Å². The van der Waals surface area contributed by atoms with Crippen molar-refractivity contribution in [3.63, 3.8) is 0 Å². The topological polar surface area (TPSA) is 46.2 Å². The minimum atomic E-state index is -1.23. The molecular weight excluding hydrogens is 188 g/mol. The summed E-state index contributed by atoms with van der Waals surface area (Å²) in [5, 5.41) is 9.28. The van der Waals surface area contributed by atoms with Gasteiger partial charge in [0.1, 0.15) is 0 Å². The lowest BCUT2D eigenvalue weighted by Crippen LogP contribution is -2.10. The molecule has 1 unspecified atom stereocenters. The second-order valence-corrected chi connectivity index (χ2v) is 3.19. The quantitative estimate of drug-likeness (QED) is 0.789.